The lowest BCUT2D eigenvalue weighted by Crippen LogP contribution is -2.54. The zero-order valence-corrected chi connectivity index (χ0v) is 16.5. The highest BCUT2D eigenvalue weighted by molar-refractivity contribution is 5.97. The SMILES string of the molecule is O=C(CN1c2nc(N3C[C@@H]4C[C@H]3CO4)cc(=O)n2CCC1C(F)(F)F)c1ccccn1. The third-order valence-electron chi connectivity index (χ3n) is 6.07. The van der Waals surface area contributed by atoms with Crippen LogP contribution in [0.5, 0.6) is 0 Å². The van der Waals surface area contributed by atoms with Crippen LogP contribution in [0.4, 0.5) is 24.9 Å². The molecule has 164 valence electrons. The molecule has 0 saturated carbocycles. The van der Waals surface area contributed by atoms with Crippen LogP contribution in [0.25, 0.3) is 0 Å². The first-order chi connectivity index (χ1) is 14.8. The van der Waals surface area contributed by atoms with Crippen molar-refractivity contribution >= 4 is 17.5 Å². The number of halogens is 3. The van der Waals surface area contributed by atoms with E-state index >= 15 is 0 Å². The molecule has 11 heteroatoms. The number of hydrogen-bond donors (Lipinski definition) is 0. The van der Waals surface area contributed by atoms with Crippen molar-refractivity contribution in [2.24, 2.45) is 0 Å². The number of anilines is 2. The Labute approximate surface area is 175 Å². The molecule has 0 aliphatic carbocycles. The predicted molar refractivity (Wildman–Crippen MR) is 104 cm³/mol. The molecule has 2 aromatic heterocycles. The van der Waals surface area contributed by atoms with Crippen LogP contribution in [0.2, 0.25) is 0 Å². The second kappa shape index (κ2) is 7.33. The zero-order valence-electron chi connectivity index (χ0n) is 16.5. The third-order valence-corrected chi connectivity index (χ3v) is 6.07. The van der Waals surface area contributed by atoms with Crippen LogP contribution in [-0.4, -0.2) is 64.4 Å². The van der Waals surface area contributed by atoms with Crippen molar-refractivity contribution in [3.8, 4) is 0 Å². The van der Waals surface area contributed by atoms with E-state index in [2.05, 4.69) is 9.97 Å². The maximum Gasteiger partial charge on any atom is 0.408 e. The summed E-state index contributed by atoms with van der Waals surface area (Å²) < 4.78 is 48.3. The summed E-state index contributed by atoms with van der Waals surface area (Å²) in [6, 6.07) is 4.15. The average molecular weight is 435 g/mol. The van der Waals surface area contributed by atoms with Gasteiger partial charge in [-0.2, -0.15) is 18.2 Å². The van der Waals surface area contributed by atoms with Gasteiger partial charge in [0.15, 0.2) is 5.78 Å². The number of rotatable bonds is 4. The number of pyridine rings is 1. The Bertz CT molecular complexity index is 1060. The molecule has 0 aromatic carbocycles. The molecular formula is C20H20F3N5O3. The number of Topliss-reactive ketones (excluding diaryl/α,β-unsaturated/α-hetero) is 1. The van der Waals surface area contributed by atoms with Gasteiger partial charge in [0.2, 0.25) is 5.95 Å². The molecule has 0 N–H and O–H groups in total. The maximum absolute atomic E-state index is 13.9. The number of fused-ring (bicyclic) bond motifs is 3. The number of alkyl halides is 3. The average Bonchev–Trinajstić information content (AvgIpc) is 3.37. The molecule has 3 atom stereocenters. The van der Waals surface area contributed by atoms with Gasteiger partial charge in [0.25, 0.3) is 5.56 Å². The van der Waals surface area contributed by atoms with E-state index in [9.17, 15) is 22.8 Å². The van der Waals surface area contributed by atoms with Gasteiger partial charge in [0.1, 0.15) is 17.6 Å². The van der Waals surface area contributed by atoms with E-state index in [-0.39, 0.29) is 36.8 Å². The Morgan fingerprint density at radius 2 is 2.13 bits per heavy atom. The lowest BCUT2D eigenvalue weighted by atomic mass is 10.1. The van der Waals surface area contributed by atoms with Crippen LogP contribution in [0.1, 0.15) is 23.3 Å². The number of ether oxygens (including phenoxy) is 1. The Hall–Kier alpha value is -2.95. The van der Waals surface area contributed by atoms with Gasteiger partial charge < -0.3 is 14.5 Å². The van der Waals surface area contributed by atoms with E-state index in [1.165, 1.54) is 22.9 Å². The highest BCUT2D eigenvalue weighted by atomic mass is 19.4. The summed E-state index contributed by atoms with van der Waals surface area (Å²) in [6.07, 6.45) is -2.67. The van der Waals surface area contributed by atoms with E-state index in [4.69, 9.17) is 4.74 Å². The molecule has 2 bridgehead atoms. The highest BCUT2D eigenvalue weighted by Gasteiger charge is 2.48. The van der Waals surface area contributed by atoms with Crippen LogP contribution in [0, 0.1) is 0 Å². The quantitative estimate of drug-likeness (QED) is 0.676. The summed E-state index contributed by atoms with van der Waals surface area (Å²) in [5.74, 6) is -0.384. The first kappa shape index (κ1) is 20.0. The van der Waals surface area contributed by atoms with Gasteiger partial charge in [-0.25, -0.2) is 0 Å². The van der Waals surface area contributed by atoms with Crippen molar-refractivity contribution in [1.82, 2.24) is 14.5 Å². The second-order valence-corrected chi connectivity index (χ2v) is 8.01. The fourth-order valence-corrected chi connectivity index (χ4v) is 4.57. The molecule has 2 fully saturated rings. The Balaban J connectivity index is 1.54. The molecule has 5 rings (SSSR count). The van der Waals surface area contributed by atoms with Crippen molar-refractivity contribution in [2.75, 3.05) is 29.5 Å². The van der Waals surface area contributed by atoms with Crippen molar-refractivity contribution < 1.29 is 22.7 Å². The lowest BCUT2D eigenvalue weighted by molar-refractivity contribution is -0.152. The number of aromatic nitrogens is 3. The summed E-state index contributed by atoms with van der Waals surface area (Å²) in [7, 11) is 0. The molecule has 0 amide bonds. The first-order valence-electron chi connectivity index (χ1n) is 10.1. The van der Waals surface area contributed by atoms with E-state index < -0.39 is 30.1 Å². The van der Waals surface area contributed by atoms with Crippen molar-refractivity contribution in [3.05, 3.63) is 46.5 Å². The molecule has 3 aliphatic rings. The Morgan fingerprint density at radius 3 is 2.77 bits per heavy atom. The molecule has 1 unspecified atom stereocenters. The van der Waals surface area contributed by atoms with E-state index in [0.29, 0.717) is 19.0 Å². The summed E-state index contributed by atoms with van der Waals surface area (Å²) in [5, 5.41) is 0. The number of nitrogens with zero attached hydrogens (tertiary/aromatic N) is 5. The van der Waals surface area contributed by atoms with E-state index in [1.54, 1.807) is 12.1 Å². The molecule has 0 spiro atoms. The fourth-order valence-electron chi connectivity index (χ4n) is 4.57. The number of ketones is 1. The van der Waals surface area contributed by atoms with E-state index in [0.717, 1.165) is 11.3 Å². The van der Waals surface area contributed by atoms with Crippen LogP contribution in [0.3, 0.4) is 0 Å². The molecular weight excluding hydrogens is 415 g/mol. The van der Waals surface area contributed by atoms with Crippen molar-refractivity contribution in [1.29, 1.82) is 0 Å². The highest BCUT2D eigenvalue weighted by Crippen LogP contribution is 2.36. The van der Waals surface area contributed by atoms with Gasteiger partial charge in [-0.05, 0) is 25.0 Å². The van der Waals surface area contributed by atoms with Gasteiger partial charge in [-0.15, -0.1) is 0 Å². The fraction of sp³-hybridized carbons (Fsp3) is 0.500. The molecule has 31 heavy (non-hydrogen) atoms. The van der Waals surface area contributed by atoms with Crippen LogP contribution in [-0.2, 0) is 11.3 Å². The first-order valence-corrected chi connectivity index (χ1v) is 10.1. The molecule has 5 heterocycles. The number of morpholine rings is 1. The van der Waals surface area contributed by atoms with Gasteiger partial charge in [0.05, 0.1) is 25.3 Å². The summed E-state index contributed by atoms with van der Waals surface area (Å²) >= 11 is 0. The number of hydrogen-bond acceptors (Lipinski definition) is 7. The van der Waals surface area contributed by atoms with Crippen LogP contribution in [0.15, 0.2) is 35.3 Å². The maximum atomic E-state index is 13.9. The van der Waals surface area contributed by atoms with Gasteiger partial charge in [0, 0.05) is 25.4 Å². The predicted octanol–water partition coefficient (Wildman–Crippen LogP) is 1.64. The van der Waals surface area contributed by atoms with Crippen molar-refractivity contribution in [3.63, 3.8) is 0 Å². The van der Waals surface area contributed by atoms with Crippen molar-refractivity contribution in [2.45, 2.75) is 43.8 Å². The normalized spacial score (nSPS) is 25.1. The minimum absolute atomic E-state index is 0.0374. The summed E-state index contributed by atoms with van der Waals surface area (Å²) in [5.41, 5.74) is -0.368. The monoisotopic (exact) mass is 435 g/mol. The smallest absolute Gasteiger partial charge is 0.374 e. The number of carbonyl (C=O) groups excluding carboxylic acids is 1. The molecule has 2 saturated heterocycles. The second-order valence-electron chi connectivity index (χ2n) is 8.01. The van der Waals surface area contributed by atoms with Gasteiger partial charge in [-0.1, -0.05) is 6.07 Å². The van der Waals surface area contributed by atoms with Crippen LogP contribution < -0.4 is 15.4 Å². The van der Waals surface area contributed by atoms with Gasteiger partial charge in [-0.3, -0.25) is 19.1 Å². The summed E-state index contributed by atoms with van der Waals surface area (Å²) in [6.45, 7) is 0.343. The largest absolute Gasteiger partial charge is 0.408 e. The summed E-state index contributed by atoms with van der Waals surface area (Å²) in [4.78, 5) is 36.7. The number of carbonyl (C=O) groups is 1. The topological polar surface area (TPSA) is 80.6 Å². The Morgan fingerprint density at radius 1 is 1.29 bits per heavy atom. The molecule has 8 nitrogen and oxygen atoms in total. The van der Waals surface area contributed by atoms with Crippen LogP contribution >= 0.6 is 0 Å². The standard InChI is InChI=1S/C20H20F3N5O3/c21-20(22,23)16-4-6-26-18(30)8-17(27-9-13-7-12(27)11-31-13)25-19(26)28(16)10-15(29)14-3-1-2-5-24-14/h1-3,5,8,12-13,16H,4,6-7,9-11H2/t12-,13-,16?/m0/s1. The minimum Gasteiger partial charge on any atom is -0.374 e. The third kappa shape index (κ3) is 3.56. The zero-order chi connectivity index (χ0) is 21.8. The lowest BCUT2D eigenvalue weighted by Gasteiger charge is -2.39. The minimum atomic E-state index is -4.58. The molecule has 2 aromatic rings. The Kier molecular flexibility index (Phi) is 4.72. The molecule has 3 aliphatic heterocycles. The molecule has 0 radical (unpaired) electrons. The van der Waals surface area contributed by atoms with E-state index in [1.807, 2.05) is 4.90 Å². The van der Waals surface area contributed by atoms with Gasteiger partial charge >= 0.3 is 6.18 Å².